The highest BCUT2D eigenvalue weighted by Crippen LogP contribution is 2.34. The monoisotopic (exact) mass is 397 g/mol. The van der Waals surface area contributed by atoms with Gasteiger partial charge < -0.3 is 24.3 Å². The lowest BCUT2D eigenvalue weighted by Crippen LogP contribution is -2.26. The van der Waals surface area contributed by atoms with Crippen LogP contribution in [0.15, 0.2) is 36.4 Å². The fraction of sp³-hybridized carbons (Fsp3) is 0.364. The first kappa shape index (κ1) is 19.1. The van der Waals surface area contributed by atoms with Gasteiger partial charge in [0.25, 0.3) is 0 Å². The molecule has 0 fully saturated rings. The number of carbonyl (C=O) groups is 2. The van der Waals surface area contributed by atoms with Crippen molar-refractivity contribution in [3.63, 3.8) is 0 Å². The molecule has 2 heterocycles. The van der Waals surface area contributed by atoms with E-state index < -0.39 is 0 Å². The number of Topliss-reactive ketones (excluding diaryl/α,β-unsaturated/α-hetero) is 1. The van der Waals surface area contributed by atoms with Gasteiger partial charge in [0, 0.05) is 24.8 Å². The molecule has 29 heavy (non-hydrogen) atoms. The molecule has 0 aromatic heterocycles. The van der Waals surface area contributed by atoms with Gasteiger partial charge in [-0.25, -0.2) is 0 Å². The van der Waals surface area contributed by atoms with E-state index in [9.17, 15) is 9.59 Å². The molecular weight excluding hydrogens is 374 g/mol. The Labute approximate surface area is 168 Å². The van der Waals surface area contributed by atoms with E-state index in [1.54, 1.807) is 18.2 Å². The summed E-state index contributed by atoms with van der Waals surface area (Å²) in [7, 11) is 0. The second kappa shape index (κ2) is 8.43. The Balaban J connectivity index is 1.31. The van der Waals surface area contributed by atoms with E-state index in [-0.39, 0.29) is 37.4 Å². The molecule has 2 aromatic carbocycles. The van der Waals surface area contributed by atoms with E-state index in [1.165, 1.54) is 0 Å². The third-order valence-corrected chi connectivity index (χ3v) is 4.92. The van der Waals surface area contributed by atoms with Gasteiger partial charge in [0.2, 0.25) is 12.7 Å². The Kier molecular flexibility index (Phi) is 5.55. The first-order chi connectivity index (χ1) is 14.1. The molecule has 2 aliphatic rings. The average Bonchev–Trinajstić information content (AvgIpc) is 3.07. The molecule has 2 aromatic rings. The van der Waals surface area contributed by atoms with E-state index in [2.05, 4.69) is 5.32 Å². The lowest BCUT2D eigenvalue weighted by Gasteiger charge is -2.15. The molecule has 1 amide bonds. The lowest BCUT2D eigenvalue weighted by molar-refractivity contribution is -0.121. The van der Waals surface area contributed by atoms with Crippen molar-refractivity contribution in [2.45, 2.75) is 32.2 Å². The van der Waals surface area contributed by atoms with Crippen LogP contribution in [0.1, 0.15) is 48.1 Å². The predicted molar refractivity (Wildman–Crippen MR) is 105 cm³/mol. The number of rotatable bonds is 6. The zero-order valence-corrected chi connectivity index (χ0v) is 16.2. The van der Waals surface area contributed by atoms with Crippen LogP contribution >= 0.6 is 0 Å². The molecule has 152 valence electrons. The van der Waals surface area contributed by atoms with Gasteiger partial charge in [-0.05, 0) is 42.8 Å². The van der Waals surface area contributed by atoms with E-state index in [4.69, 9.17) is 18.9 Å². The third kappa shape index (κ3) is 4.45. The molecule has 0 aliphatic carbocycles. The topological polar surface area (TPSA) is 83.1 Å². The molecule has 1 N–H and O–H groups in total. The first-order valence-electron chi connectivity index (χ1n) is 9.72. The number of ketones is 1. The molecule has 1 atom stereocenters. The summed E-state index contributed by atoms with van der Waals surface area (Å²) in [6.07, 6.45) is 1.04. The smallest absolute Gasteiger partial charge is 0.231 e. The highest BCUT2D eigenvalue weighted by Gasteiger charge is 2.18. The van der Waals surface area contributed by atoms with Crippen LogP contribution in [0.25, 0.3) is 0 Å². The molecule has 7 heteroatoms. The Bertz CT molecular complexity index is 926. The van der Waals surface area contributed by atoms with Crippen LogP contribution in [0, 0.1) is 0 Å². The van der Waals surface area contributed by atoms with Gasteiger partial charge in [0.05, 0.1) is 19.3 Å². The van der Waals surface area contributed by atoms with Gasteiger partial charge in [-0.3, -0.25) is 9.59 Å². The number of carbonyl (C=O) groups excluding carboxylic acids is 2. The van der Waals surface area contributed by atoms with E-state index in [0.717, 1.165) is 12.0 Å². The van der Waals surface area contributed by atoms with Crippen LogP contribution in [0.3, 0.4) is 0 Å². The van der Waals surface area contributed by atoms with Gasteiger partial charge in [-0.1, -0.05) is 6.07 Å². The Hall–Kier alpha value is -3.22. The van der Waals surface area contributed by atoms with Crippen molar-refractivity contribution < 1.29 is 28.5 Å². The number of fused-ring (bicyclic) bond motifs is 2. The van der Waals surface area contributed by atoms with E-state index in [1.807, 2.05) is 25.1 Å². The maximum atomic E-state index is 12.5. The summed E-state index contributed by atoms with van der Waals surface area (Å²) in [5.74, 6) is 2.31. The minimum atomic E-state index is -0.204. The van der Waals surface area contributed by atoms with Crippen LogP contribution in [0.5, 0.6) is 23.0 Å². The lowest BCUT2D eigenvalue weighted by atomic mass is 10.0. The fourth-order valence-corrected chi connectivity index (χ4v) is 3.29. The number of hydrogen-bond donors (Lipinski definition) is 1. The van der Waals surface area contributed by atoms with Crippen molar-refractivity contribution in [2.24, 2.45) is 0 Å². The minimum Gasteiger partial charge on any atom is -0.490 e. The Morgan fingerprint density at radius 2 is 1.59 bits per heavy atom. The average molecular weight is 397 g/mol. The summed E-state index contributed by atoms with van der Waals surface area (Å²) in [6.45, 7) is 3.26. The maximum Gasteiger partial charge on any atom is 0.231 e. The number of benzene rings is 2. The summed E-state index contributed by atoms with van der Waals surface area (Å²) in [5.41, 5.74) is 1.43. The third-order valence-electron chi connectivity index (χ3n) is 4.92. The van der Waals surface area contributed by atoms with Crippen LogP contribution in [-0.2, 0) is 4.79 Å². The standard InChI is InChI=1S/C22H23NO6/c1-14(15-3-6-19-21(11-15)29-13-28-19)23-22(25)8-5-17(24)16-4-7-18-20(12-16)27-10-2-9-26-18/h3-4,6-7,11-12,14H,2,5,8-10,13H2,1H3,(H,23,25). The fourth-order valence-electron chi connectivity index (χ4n) is 3.29. The normalized spacial score (nSPS) is 15.3. The largest absolute Gasteiger partial charge is 0.490 e. The summed E-state index contributed by atoms with van der Waals surface area (Å²) >= 11 is 0. The SMILES string of the molecule is CC(NC(=O)CCC(=O)c1ccc2c(c1)OCCCO2)c1ccc2c(c1)OCO2. The first-order valence-corrected chi connectivity index (χ1v) is 9.72. The number of hydrogen-bond acceptors (Lipinski definition) is 6. The zero-order chi connectivity index (χ0) is 20.2. The zero-order valence-electron chi connectivity index (χ0n) is 16.2. The Morgan fingerprint density at radius 3 is 2.45 bits per heavy atom. The molecule has 1 unspecified atom stereocenters. The van der Waals surface area contributed by atoms with Crippen LogP contribution in [-0.4, -0.2) is 31.7 Å². The van der Waals surface area contributed by atoms with Crippen LogP contribution in [0.2, 0.25) is 0 Å². The molecule has 0 radical (unpaired) electrons. The highest BCUT2D eigenvalue weighted by molar-refractivity contribution is 5.98. The van der Waals surface area contributed by atoms with Crippen molar-refractivity contribution in [1.29, 1.82) is 0 Å². The van der Waals surface area contributed by atoms with Crippen molar-refractivity contribution in [1.82, 2.24) is 5.32 Å². The number of ether oxygens (including phenoxy) is 4. The number of amides is 1. The second-order valence-corrected chi connectivity index (χ2v) is 7.04. The summed E-state index contributed by atoms with van der Waals surface area (Å²) in [5, 5.41) is 2.92. The van der Waals surface area contributed by atoms with Crippen molar-refractivity contribution in [3.8, 4) is 23.0 Å². The Morgan fingerprint density at radius 1 is 0.897 bits per heavy atom. The molecule has 0 saturated heterocycles. The van der Waals surface area contributed by atoms with E-state index >= 15 is 0 Å². The molecule has 2 aliphatic heterocycles. The summed E-state index contributed by atoms with van der Waals surface area (Å²) in [6, 6.07) is 10.5. The van der Waals surface area contributed by atoms with Crippen molar-refractivity contribution in [3.05, 3.63) is 47.5 Å². The molecule has 0 spiro atoms. The van der Waals surface area contributed by atoms with Crippen molar-refractivity contribution in [2.75, 3.05) is 20.0 Å². The summed E-state index contributed by atoms with van der Waals surface area (Å²) in [4.78, 5) is 24.8. The van der Waals surface area contributed by atoms with Gasteiger partial charge in [-0.2, -0.15) is 0 Å². The molecule has 4 rings (SSSR count). The van der Waals surface area contributed by atoms with Crippen molar-refractivity contribution >= 4 is 11.7 Å². The summed E-state index contributed by atoms with van der Waals surface area (Å²) < 4.78 is 21.9. The predicted octanol–water partition coefficient (Wildman–Crippen LogP) is 3.42. The number of nitrogens with one attached hydrogen (secondary N) is 1. The maximum absolute atomic E-state index is 12.5. The van der Waals surface area contributed by atoms with Gasteiger partial charge in [0.15, 0.2) is 28.8 Å². The molecule has 7 nitrogen and oxygen atoms in total. The minimum absolute atomic E-state index is 0.105. The van der Waals surface area contributed by atoms with Crippen LogP contribution in [0.4, 0.5) is 0 Å². The molecular formula is C22H23NO6. The van der Waals surface area contributed by atoms with Gasteiger partial charge >= 0.3 is 0 Å². The second-order valence-electron chi connectivity index (χ2n) is 7.04. The van der Waals surface area contributed by atoms with E-state index in [0.29, 0.717) is 41.8 Å². The highest BCUT2D eigenvalue weighted by atomic mass is 16.7. The van der Waals surface area contributed by atoms with Crippen LogP contribution < -0.4 is 24.3 Å². The molecule has 0 bridgehead atoms. The van der Waals surface area contributed by atoms with Gasteiger partial charge in [0.1, 0.15) is 0 Å². The molecule has 0 saturated carbocycles. The van der Waals surface area contributed by atoms with Gasteiger partial charge in [-0.15, -0.1) is 0 Å². The quantitative estimate of drug-likeness (QED) is 0.752.